The van der Waals surface area contributed by atoms with Crippen LogP contribution in [0.2, 0.25) is 0 Å². The maximum absolute atomic E-state index is 14.2. The van der Waals surface area contributed by atoms with Crippen molar-refractivity contribution in [2.45, 2.75) is 50.4 Å². The van der Waals surface area contributed by atoms with Crippen molar-refractivity contribution in [1.82, 2.24) is 0 Å². The fourth-order valence-corrected chi connectivity index (χ4v) is 6.55. The van der Waals surface area contributed by atoms with Gasteiger partial charge in [-0.25, -0.2) is 9.69 Å². The summed E-state index contributed by atoms with van der Waals surface area (Å²) >= 11 is 0. The van der Waals surface area contributed by atoms with Gasteiger partial charge in [-0.15, -0.1) is 0 Å². The molecule has 1 heterocycles. The Labute approximate surface area is 263 Å². The third kappa shape index (κ3) is 6.11. The molecule has 0 bridgehead atoms. The Morgan fingerprint density at radius 3 is 1.89 bits per heavy atom. The molecule has 0 spiro atoms. The van der Waals surface area contributed by atoms with Crippen molar-refractivity contribution in [2.75, 3.05) is 16.4 Å². The Balaban J connectivity index is 1.15. The highest BCUT2D eigenvalue weighted by Crippen LogP contribution is 2.45. The van der Waals surface area contributed by atoms with Gasteiger partial charge in [-0.05, 0) is 102 Å². The lowest BCUT2D eigenvalue weighted by molar-refractivity contribution is -0.129. The van der Waals surface area contributed by atoms with Crippen LogP contribution in [0.25, 0.3) is 6.08 Å². The molecule has 7 nitrogen and oxygen atoms in total. The number of hydrogen-bond donors (Lipinski definition) is 2. The molecule has 4 aromatic carbocycles. The second-order valence-corrected chi connectivity index (χ2v) is 12.2. The highest BCUT2D eigenvalue weighted by molar-refractivity contribution is 6.26. The predicted octanol–water partition coefficient (Wildman–Crippen LogP) is 7.01. The summed E-state index contributed by atoms with van der Waals surface area (Å²) in [6.07, 6.45) is 8.09. The minimum Gasteiger partial charge on any atom is -0.423 e. The molecule has 0 atom stereocenters. The second-order valence-electron chi connectivity index (χ2n) is 12.2. The first-order chi connectivity index (χ1) is 21.7. The smallest absolute Gasteiger partial charge is 0.336 e. The molecule has 1 aliphatic heterocycles. The molecule has 4 N–H and O–H groups in total. The van der Waals surface area contributed by atoms with E-state index in [1.165, 1.54) is 42.2 Å². The molecule has 1 aliphatic carbocycles. The van der Waals surface area contributed by atoms with Crippen LogP contribution in [0.3, 0.4) is 0 Å². The maximum Gasteiger partial charge on any atom is 0.336 e. The number of ether oxygens (including phenoxy) is 1. The number of benzene rings is 4. The van der Waals surface area contributed by atoms with Crippen LogP contribution in [0.1, 0.15) is 67.2 Å². The molecule has 45 heavy (non-hydrogen) atoms. The van der Waals surface area contributed by atoms with Crippen molar-refractivity contribution >= 4 is 40.9 Å². The number of nitrogens with two attached hydrogens (primary N) is 2. The zero-order valence-electron chi connectivity index (χ0n) is 25.3. The summed E-state index contributed by atoms with van der Waals surface area (Å²) < 4.78 is 5.50. The molecule has 4 aromatic rings. The summed E-state index contributed by atoms with van der Waals surface area (Å²) in [5, 5.41) is 0. The first-order valence-electron chi connectivity index (χ1n) is 15.4. The van der Waals surface area contributed by atoms with Gasteiger partial charge in [0, 0.05) is 17.5 Å². The van der Waals surface area contributed by atoms with E-state index in [2.05, 4.69) is 19.1 Å². The SMILES string of the molecule is CC1CCC(c2ccc(/C=C/C(=O)Oc3ccc(N4C(=O)CC(c5ccc(N)cc5)(c5ccc(N)cc5)C4=O)cc3)cc2)CC1. The molecule has 2 amide bonds. The number of nitrogens with zero attached hydrogens (tertiary/aromatic N) is 1. The van der Waals surface area contributed by atoms with Crippen LogP contribution in [0.15, 0.2) is 103 Å². The van der Waals surface area contributed by atoms with Crippen LogP contribution in [0.4, 0.5) is 17.1 Å². The second kappa shape index (κ2) is 12.4. The average molecular weight is 600 g/mol. The predicted molar refractivity (Wildman–Crippen MR) is 178 cm³/mol. The summed E-state index contributed by atoms with van der Waals surface area (Å²) in [5.74, 6) is 0.496. The van der Waals surface area contributed by atoms with E-state index in [4.69, 9.17) is 16.2 Å². The lowest BCUT2D eigenvalue weighted by Crippen LogP contribution is -2.39. The van der Waals surface area contributed by atoms with E-state index >= 15 is 0 Å². The number of carbonyl (C=O) groups excluding carboxylic acids is 3. The van der Waals surface area contributed by atoms with Crippen LogP contribution in [-0.4, -0.2) is 17.8 Å². The summed E-state index contributed by atoms with van der Waals surface area (Å²) in [6, 6.07) is 28.7. The monoisotopic (exact) mass is 599 g/mol. The molecule has 2 aliphatic rings. The van der Waals surface area contributed by atoms with Gasteiger partial charge in [-0.2, -0.15) is 0 Å². The van der Waals surface area contributed by atoms with Gasteiger partial charge < -0.3 is 16.2 Å². The van der Waals surface area contributed by atoms with E-state index in [9.17, 15) is 14.4 Å². The van der Waals surface area contributed by atoms with Gasteiger partial charge in [-0.3, -0.25) is 9.59 Å². The Kier molecular flexibility index (Phi) is 8.26. The molecule has 2 fully saturated rings. The summed E-state index contributed by atoms with van der Waals surface area (Å²) in [4.78, 5) is 41.4. The summed E-state index contributed by atoms with van der Waals surface area (Å²) in [5.41, 5.74) is 15.7. The van der Waals surface area contributed by atoms with Gasteiger partial charge in [0.05, 0.1) is 12.1 Å². The van der Waals surface area contributed by atoms with Gasteiger partial charge >= 0.3 is 5.97 Å². The third-order valence-corrected chi connectivity index (χ3v) is 9.19. The van der Waals surface area contributed by atoms with Crippen molar-refractivity contribution < 1.29 is 19.1 Å². The topological polar surface area (TPSA) is 116 Å². The van der Waals surface area contributed by atoms with Crippen molar-refractivity contribution in [1.29, 1.82) is 0 Å². The molecule has 0 unspecified atom stereocenters. The zero-order chi connectivity index (χ0) is 31.6. The van der Waals surface area contributed by atoms with Crippen LogP contribution >= 0.6 is 0 Å². The lowest BCUT2D eigenvalue weighted by atomic mass is 9.73. The van der Waals surface area contributed by atoms with E-state index in [1.54, 1.807) is 78.9 Å². The fraction of sp³-hybridized carbons (Fsp3) is 0.237. The van der Waals surface area contributed by atoms with E-state index in [1.807, 2.05) is 12.1 Å². The highest BCUT2D eigenvalue weighted by Gasteiger charge is 2.54. The number of hydrogen-bond acceptors (Lipinski definition) is 6. The highest BCUT2D eigenvalue weighted by atomic mass is 16.5. The molecule has 1 saturated heterocycles. The first-order valence-corrected chi connectivity index (χ1v) is 15.4. The molecule has 228 valence electrons. The Hall–Kier alpha value is -5.17. The van der Waals surface area contributed by atoms with E-state index in [0.717, 1.165) is 11.5 Å². The number of esters is 1. The largest absolute Gasteiger partial charge is 0.423 e. The standard InChI is InChI=1S/C38H37N3O4/c1-25-2-7-27(8-3-25)28-9-4-26(5-10-28)6-23-36(43)45-34-21-19-33(20-22-34)41-35(42)24-38(37(41)44,29-11-15-31(39)16-12-29)30-13-17-32(40)18-14-30/h4-6,9-23,25,27H,2-3,7-8,24,39-40H2,1H3/b23-6+. The van der Waals surface area contributed by atoms with Crippen LogP contribution in [-0.2, 0) is 19.8 Å². The number of carbonyl (C=O) groups is 3. The average Bonchev–Trinajstić information content (AvgIpc) is 3.32. The third-order valence-electron chi connectivity index (χ3n) is 9.19. The quantitative estimate of drug-likeness (QED) is 0.0776. The van der Waals surface area contributed by atoms with E-state index < -0.39 is 11.4 Å². The number of nitrogen functional groups attached to an aromatic ring is 2. The fourth-order valence-electron chi connectivity index (χ4n) is 6.55. The summed E-state index contributed by atoms with van der Waals surface area (Å²) in [6.45, 7) is 2.32. The molecular formula is C38H37N3O4. The Bertz CT molecular complexity index is 1670. The van der Waals surface area contributed by atoms with Crippen LogP contribution in [0, 0.1) is 5.92 Å². The van der Waals surface area contributed by atoms with Crippen molar-refractivity contribution in [3.05, 3.63) is 125 Å². The summed E-state index contributed by atoms with van der Waals surface area (Å²) in [7, 11) is 0. The van der Waals surface area contributed by atoms with Gasteiger partial charge in [0.25, 0.3) is 0 Å². The van der Waals surface area contributed by atoms with E-state index in [0.29, 0.717) is 39.9 Å². The van der Waals surface area contributed by atoms with Crippen molar-refractivity contribution in [2.24, 2.45) is 5.92 Å². The minimum absolute atomic E-state index is 0.0535. The molecule has 6 rings (SSSR count). The number of amides is 2. The molecule has 7 heteroatoms. The van der Waals surface area contributed by atoms with Crippen LogP contribution in [0.5, 0.6) is 5.75 Å². The number of anilines is 3. The lowest BCUT2D eigenvalue weighted by Gasteiger charge is -2.28. The van der Waals surface area contributed by atoms with Gasteiger partial charge in [-0.1, -0.05) is 68.3 Å². The Morgan fingerprint density at radius 2 is 1.33 bits per heavy atom. The molecule has 0 radical (unpaired) electrons. The molecular weight excluding hydrogens is 562 g/mol. The molecule has 1 saturated carbocycles. The maximum atomic E-state index is 14.2. The number of imide groups is 1. The zero-order valence-corrected chi connectivity index (χ0v) is 25.3. The van der Waals surface area contributed by atoms with Gasteiger partial charge in [0.1, 0.15) is 11.2 Å². The van der Waals surface area contributed by atoms with Crippen molar-refractivity contribution in [3.8, 4) is 5.75 Å². The Morgan fingerprint density at radius 1 is 0.778 bits per heavy atom. The van der Waals surface area contributed by atoms with Gasteiger partial charge in [0.2, 0.25) is 11.8 Å². The molecule has 0 aromatic heterocycles. The minimum atomic E-state index is -1.23. The van der Waals surface area contributed by atoms with Gasteiger partial charge in [0.15, 0.2) is 0 Å². The first kappa shape index (κ1) is 29.9. The van der Waals surface area contributed by atoms with Crippen molar-refractivity contribution in [3.63, 3.8) is 0 Å². The normalized spacial score (nSPS) is 19.6. The van der Waals surface area contributed by atoms with Crippen LogP contribution < -0.4 is 21.1 Å². The van der Waals surface area contributed by atoms with E-state index in [-0.39, 0.29) is 18.2 Å². The number of rotatable bonds is 7.